The SMILES string of the molecule is CCc1ccc(CC)c(C(=O)c2ccc3c(c2)COC3)c1. The van der Waals surface area contributed by atoms with Crippen LogP contribution in [-0.2, 0) is 30.8 Å². The van der Waals surface area contributed by atoms with Gasteiger partial charge in [0.15, 0.2) is 5.78 Å². The summed E-state index contributed by atoms with van der Waals surface area (Å²) in [5.74, 6) is 0.122. The number of fused-ring (bicyclic) bond motifs is 1. The fourth-order valence-electron chi connectivity index (χ4n) is 2.83. The average molecular weight is 280 g/mol. The molecule has 0 fully saturated rings. The van der Waals surface area contributed by atoms with Gasteiger partial charge < -0.3 is 4.74 Å². The molecule has 21 heavy (non-hydrogen) atoms. The van der Waals surface area contributed by atoms with Gasteiger partial charge in [0, 0.05) is 11.1 Å². The van der Waals surface area contributed by atoms with E-state index in [-0.39, 0.29) is 5.78 Å². The Bertz CT molecular complexity index is 686. The first-order valence-electron chi connectivity index (χ1n) is 7.59. The molecule has 1 aliphatic heterocycles. The number of ketones is 1. The lowest BCUT2D eigenvalue weighted by Gasteiger charge is -2.10. The summed E-state index contributed by atoms with van der Waals surface area (Å²) in [4.78, 5) is 12.9. The first-order valence-corrected chi connectivity index (χ1v) is 7.59. The second-order valence-corrected chi connectivity index (χ2v) is 5.50. The number of carbonyl (C=O) groups is 1. The summed E-state index contributed by atoms with van der Waals surface area (Å²) in [6.07, 6.45) is 1.82. The van der Waals surface area contributed by atoms with Gasteiger partial charge in [0.2, 0.25) is 0 Å². The lowest BCUT2D eigenvalue weighted by atomic mass is 9.93. The molecular formula is C19H20O2. The molecule has 2 nitrogen and oxygen atoms in total. The van der Waals surface area contributed by atoms with E-state index >= 15 is 0 Å². The van der Waals surface area contributed by atoms with E-state index in [0.29, 0.717) is 13.2 Å². The van der Waals surface area contributed by atoms with Gasteiger partial charge >= 0.3 is 0 Å². The zero-order valence-electron chi connectivity index (χ0n) is 12.6. The third-order valence-corrected chi connectivity index (χ3v) is 4.19. The highest BCUT2D eigenvalue weighted by Gasteiger charge is 2.17. The standard InChI is InChI=1S/C19H20O2/c1-3-13-5-6-14(4-2)18(9-13)19(20)15-7-8-16-11-21-12-17(16)10-15/h5-10H,3-4,11-12H2,1-2H3. The normalized spacial score (nSPS) is 13.2. The van der Waals surface area contributed by atoms with Crippen LogP contribution in [0.5, 0.6) is 0 Å². The van der Waals surface area contributed by atoms with Crippen LogP contribution in [0, 0.1) is 0 Å². The van der Waals surface area contributed by atoms with Crippen LogP contribution in [-0.4, -0.2) is 5.78 Å². The minimum atomic E-state index is 0.122. The molecule has 0 bridgehead atoms. The average Bonchev–Trinajstić information content (AvgIpc) is 3.01. The number of benzene rings is 2. The van der Waals surface area contributed by atoms with Gasteiger partial charge in [-0.3, -0.25) is 4.79 Å². The molecule has 0 saturated carbocycles. The molecule has 2 heteroatoms. The molecule has 2 aromatic rings. The summed E-state index contributed by atoms with van der Waals surface area (Å²) >= 11 is 0. The molecule has 0 spiro atoms. The van der Waals surface area contributed by atoms with Crippen molar-refractivity contribution in [1.29, 1.82) is 0 Å². The summed E-state index contributed by atoms with van der Waals surface area (Å²) in [5.41, 5.74) is 6.28. The van der Waals surface area contributed by atoms with Gasteiger partial charge in [-0.15, -0.1) is 0 Å². The first-order chi connectivity index (χ1) is 10.2. The van der Waals surface area contributed by atoms with Crippen molar-refractivity contribution in [3.63, 3.8) is 0 Å². The van der Waals surface area contributed by atoms with E-state index in [2.05, 4.69) is 26.0 Å². The summed E-state index contributed by atoms with van der Waals surface area (Å²) in [6, 6.07) is 12.2. The van der Waals surface area contributed by atoms with Crippen LogP contribution >= 0.6 is 0 Å². The van der Waals surface area contributed by atoms with Crippen molar-refractivity contribution in [2.75, 3.05) is 0 Å². The Hall–Kier alpha value is -1.93. The van der Waals surface area contributed by atoms with E-state index in [4.69, 9.17) is 4.74 Å². The van der Waals surface area contributed by atoms with Crippen LogP contribution in [0.1, 0.15) is 52.0 Å². The molecule has 0 aromatic heterocycles. The predicted octanol–water partition coefficient (Wildman–Crippen LogP) is 4.07. The molecule has 2 aromatic carbocycles. The van der Waals surface area contributed by atoms with Crippen LogP contribution in [0.15, 0.2) is 36.4 Å². The Morgan fingerprint density at radius 3 is 2.57 bits per heavy atom. The summed E-state index contributed by atoms with van der Waals surface area (Å²) < 4.78 is 5.43. The molecule has 1 heterocycles. The molecule has 0 atom stereocenters. The van der Waals surface area contributed by atoms with Crippen molar-refractivity contribution in [1.82, 2.24) is 0 Å². The molecular weight excluding hydrogens is 260 g/mol. The molecule has 0 amide bonds. The molecule has 0 saturated heterocycles. The van der Waals surface area contributed by atoms with Gasteiger partial charge in [-0.1, -0.05) is 38.1 Å². The van der Waals surface area contributed by atoms with Crippen molar-refractivity contribution in [3.05, 3.63) is 69.8 Å². The zero-order valence-corrected chi connectivity index (χ0v) is 12.6. The highest BCUT2D eigenvalue weighted by atomic mass is 16.5. The van der Waals surface area contributed by atoms with E-state index in [1.54, 1.807) is 0 Å². The third kappa shape index (κ3) is 2.64. The summed E-state index contributed by atoms with van der Waals surface area (Å²) in [6.45, 7) is 5.48. The molecule has 0 unspecified atom stereocenters. The zero-order chi connectivity index (χ0) is 14.8. The van der Waals surface area contributed by atoms with Crippen LogP contribution in [0.3, 0.4) is 0 Å². The molecule has 0 N–H and O–H groups in total. The van der Waals surface area contributed by atoms with Crippen molar-refractivity contribution < 1.29 is 9.53 Å². The highest BCUT2D eigenvalue weighted by molar-refractivity contribution is 6.10. The Morgan fingerprint density at radius 2 is 1.81 bits per heavy atom. The monoisotopic (exact) mass is 280 g/mol. The highest BCUT2D eigenvalue weighted by Crippen LogP contribution is 2.24. The minimum absolute atomic E-state index is 0.122. The lowest BCUT2D eigenvalue weighted by molar-refractivity contribution is 0.103. The number of aryl methyl sites for hydroxylation is 2. The van der Waals surface area contributed by atoms with Gasteiger partial charge in [-0.2, -0.15) is 0 Å². The predicted molar refractivity (Wildman–Crippen MR) is 83.6 cm³/mol. The van der Waals surface area contributed by atoms with Gasteiger partial charge in [0.1, 0.15) is 0 Å². The molecule has 0 aliphatic carbocycles. The number of carbonyl (C=O) groups excluding carboxylic acids is 1. The fraction of sp³-hybridized carbons (Fsp3) is 0.316. The number of ether oxygens (including phenoxy) is 1. The van der Waals surface area contributed by atoms with Gasteiger partial charge in [-0.25, -0.2) is 0 Å². The Labute approximate surface area is 125 Å². The van der Waals surface area contributed by atoms with Gasteiger partial charge in [0.25, 0.3) is 0 Å². The quantitative estimate of drug-likeness (QED) is 0.789. The number of rotatable bonds is 4. The molecule has 108 valence electrons. The Kier molecular flexibility index (Phi) is 3.89. The minimum Gasteiger partial charge on any atom is -0.372 e. The van der Waals surface area contributed by atoms with Crippen LogP contribution in [0.4, 0.5) is 0 Å². The summed E-state index contributed by atoms with van der Waals surface area (Å²) in [7, 11) is 0. The molecule has 0 radical (unpaired) electrons. The number of hydrogen-bond acceptors (Lipinski definition) is 2. The topological polar surface area (TPSA) is 26.3 Å². The molecule has 3 rings (SSSR count). The van der Waals surface area contributed by atoms with Crippen LogP contribution < -0.4 is 0 Å². The van der Waals surface area contributed by atoms with E-state index < -0.39 is 0 Å². The largest absolute Gasteiger partial charge is 0.372 e. The number of hydrogen-bond donors (Lipinski definition) is 0. The van der Waals surface area contributed by atoms with Gasteiger partial charge in [-0.05, 0) is 47.2 Å². The second kappa shape index (κ2) is 5.82. The summed E-state index contributed by atoms with van der Waals surface area (Å²) in [5, 5.41) is 0. The third-order valence-electron chi connectivity index (χ3n) is 4.19. The maximum Gasteiger partial charge on any atom is 0.193 e. The maximum absolute atomic E-state index is 12.9. The second-order valence-electron chi connectivity index (χ2n) is 5.50. The van der Waals surface area contributed by atoms with E-state index in [1.165, 1.54) is 11.1 Å². The van der Waals surface area contributed by atoms with E-state index in [9.17, 15) is 4.79 Å². The van der Waals surface area contributed by atoms with E-state index in [1.807, 2.05) is 24.3 Å². The lowest BCUT2D eigenvalue weighted by Crippen LogP contribution is -2.07. The van der Waals surface area contributed by atoms with Crippen molar-refractivity contribution >= 4 is 5.78 Å². The Morgan fingerprint density at radius 1 is 1.00 bits per heavy atom. The van der Waals surface area contributed by atoms with E-state index in [0.717, 1.165) is 35.1 Å². The maximum atomic E-state index is 12.9. The first kappa shape index (κ1) is 14.0. The van der Waals surface area contributed by atoms with Crippen LogP contribution in [0.2, 0.25) is 0 Å². The van der Waals surface area contributed by atoms with Crippen LogP contribution in [0.25, 0.3) is 0 Å². The fourth-order valence-corrected chi connectivity index (χ4v) is 2.83. The Balaban J connectivity index is 2.01. The van der Waals surface area contributed by atoms with Crippen molar-refractivity contribution in [3.8, 4) is 0 Å². The van der Waals surface area contributed by atoms with Crippen molar-refractivity contribution in [2.24, 2.45) is 0 Å². The smallest absolute Gasteiger partial charge is 0.193 e. The molecule has 1 aliphatic rings. The van der Waals surface area contributed by atoms with Crippen molar-refractivity contribution in [2.45, 2.75) is 39.9 Å². The van der Waals surface area contributed by atoms with Gasteiger partial charge in [0.05, 0.1) is 13.2 Å².